The van der Waals surface area contributed by atoms with Crippen molar-refractivity contribution in [2.24, 2.45) is 0 Å². The van der Waals surface area contributed by atoms with Gasteiger partial charge in [-0.1, -0.05) is 6.42 Å². The van der Waals surface area contributed by atoms with Crippen LogP contribution in [-0.2, 0) is 14.3 Å². The number of hydrogen-bond acceptors (Lipinski definition) is 3. The first-order valence-electron chi connectivity index (χ1n) is 7.26. The van der Waals surface area contributed by atoms with Crippen LogP contribution in [0.25, 0.3) is 0 Å². The Balaban J connectivity index is 2.09. The SMILES string of the molecule is CCOCCCCCC(=O)N1CCN(C(C)=O)CC1. The van der Waals surface area contributed by atoms with E-state index in [-0.39, 0.29) is 11.8 Å². The van der Waals surface area contributed by atoms with Crippen molar-refractivity contribution in [2.75, 3.05) is 39.4 Å². The van der Waals surface area contributed by atoms with Crippen LogP contribution in [0.5, 0.6) is 0 Å². The summed E-state index contributed by atoms with van der Waals surface area (Å²) >= 11 is 0. The molecule has 0 atom stereocenters. The maximum Gasteiger partial charge on any atom is 0.222 e. The minimum atomic E-state index is 0.100. The molecule has 0 spiro atoms. The summed E-state index contributed by atoms with van der Waals surface area (Å²) < 4.78 is 5.26. The summed E-state index contributed by atoms with van der Waals surface area (Å²) in [5.41, 5.74) is 0. The third kappa shape index (κ3) is 6.05. The second-order valence-corrected chi connectivity index (χ2v) is 4.89. The van der Waals surface area contributed by atoms with Crippen LogP contribution in [0.2, 0.25) is 0 Å². The Morgan fingerprint density at radius 3 is 2.21 bits per heavy atom. The van der Waals surface area contributed by atoms with Crippen molar-refractivity contribution in [2.45, 2.75) is 39.5 Å². The summed E-state index contributed by atoms with van der Waals surface area (Å²) in [5.74, 6) is 0.322. The Hall–Kier alpha value is -1.10. The van der Waals surface area contributed by atoms with Gasteiger partial charge in [0, 0.05) is 52.7 Å². The molecule has 0 saturated carbocycles. The van der Waals surface area contributed by atoms with Crippen LogP contribution < -0.4 is 0 Å². The van der Waals surface area contributed by atoms with Crippen LogP contribution in [0.15, 0.2) is 0 Å². The van der Waals surface area contributed by atoms with Crippen LogP contribution in [0.3, 0.4) is 0 Å². The van der Waals surface area contributed by atoms with E-state index >= 15 is 0 Å². The Bertz CT molecular complexity index is 286. The van der Waals surface area contributed by atoms with Gasteiger partial charge in [-0.25, -0.2) is 0 Å². The molecule has 0 aromatic carbocycles. The predicted molar refractivity (Wildman–Crippen MR) is 73.8 cm³/mol. The zero-order valence-electron chi connectivity index (χ0n) is 12.2. The van der Waals surface area contributed by atoms with Crippen molar-refractivity contribution >= 4 is 11.8 Å². The molecule has 0 unspecified atom stereocenters. The number of unbranched alkanes of at least 4 members (excludes halogenated alkanes) is 2. The molecule has 19 heavy (non-hydrogen) atoms. The first kappa shape index (κ1) is 16.0. The highest BCUT2D eigenvalue weighted by atomic mass is 16.5. The Morgan fingerprint density at radius 2 is 1.63 bits per heavy atom. The van der Waals surface area contributed by atoms with Crippen molar-refractivity contribution in [1.82, 2.24) is 9.80 Å². The molecule has 0 N–H and O–H groups in total. The molecule has 1 rings (SSSR count). The van der Waals surface area contributed by atoms with Crippen molar-refractivity contribution in [1.29, 1.82) is 0 Å². The lowest BCUT2D eigenvalue weighted by Crippen LogP contribution is -2.50. The summed E-state index contributed by atoms with van der Waals surface area (Å²) in [6, 6.07) is 0. The van der Waals surface area contributed by atoms with Gasteiger partial charge in [-0.15, -0.1) is 0 Å². The van der Waals surface area contributed by atoms with E-state index in [9.17, 15) is 9.59 Å². The fraction of sp³-hybridized carbons (Fsp3) is 0.857. The van der Waals surface area contributed by atoms with E-state index < -0.39 is 0 Å². The highest BCUT2D eigenvalue weighted by molar-refractivity contribution is 5.77. The summed E-state index contributed by atoms with van der Waals surface area (Å²) in [4.78, 5) is 26.8. The van der Waals surface area contributed by atoms with Gasteiger partial charge in [0.1, 0.15) is 0 Å². The number of carbonyl (C=O) groups is 2. The minimum absolute atomic E-state index is 0.100. The average molecular weight is 270 g/mol. The molecule has 1 heterocycles. The maximum absolute atomic E-state index is 12.0. The third-order valence-corrected chi connectivity index (χ3v) is 3.46. The predicted octanol–water partition coefficient (Wildman–Crippen LogP) is 1.27. The van der Waals surface area contributed by atoms with E-state index in [0.717, 1.165) is 32.5 Å². The maximum atomic E-state index is 12.0. The topological polar surface area (TPSA) is 49.9 Å². The Kier molecular flexibility index (Phi) is 7.48. The van der Waals surface area contributed by atoms with Gasteiger partial charge >= 0.3 is 0 Å². The number of rotatable bonds is 7. The van der Waals surface area contributed by atoms with Crippen LogP contribution in [0, 0.1) is 0 Å². The number of hydrogen-bond donors (Lipinski definition) is 0. The monoisotopic (exact) mass is 270 g/mol. The van der Waals surface area contributed by atoms with E-state index in [1.807, 2.05) is 11.8 Å². The molecule has 110 valence electrons. The summed E-state index contributed by atoms with van der Waals surface area (Å²) in [6.07, 6.45) is 3.61. The molecule has 0 aromatic rings. The van der Waals surface area contributed by atoms with Crippen molar-refractivity contribution in [3.05, 3.63) is 0 Å². The second kappa shape index (κ2) is 8.91. The lowest BCUT2D eigenvalue weighted by atomic mass is 10.1. The van der Waals surface area contributed by atoms with Gasteiger partial charge < -0.3 is 14.5 Å². The number of amides is 2. The van der Waals surface area contributed by atoms with Gasteiger partial charge in [0.15, 0.2) is 0 Å². The van der Waals surface area contributed by atoms with Crippen LogP contribution in [0.1, 0.15) is 39.5 Å². The molecule has 1 saturated heterocycles. The van der Waals surface area contributed by atoms with Crippen molar-refractivity contribution in [3.63, 3.8) is 0 Å². The molecule has 1 aliphatic heterocycles. The molecule has 1 fully saturated rings. The first-order chi connectivity index (χ1) is 9.15. The first-order valence-corrected chi connectivity index (χ1v) is 7.26. The quantitative estimate of drug-likeness (QED) is 0.655. The largest absolute Gasteiger partial charge is 0.382 e. The fourth-order valence-electron chi connectivity index (χ4n) is 2.23. The number of piperazine rings is 1. The van der Waals surface area contributed by atoms with Gasteiger partial charge in [-0.05, 0) is 19.8 Å². The zero-order chi connectivity index (χ0) is 14.1. The molecular formula is C14H26N2O3. The molecule has 0 aliphatic carbocycles. The van der Waals surface area contributed by atoms with Crippen molar-refractivity contribution in [3.8, 4) is 0 Å². The van der Waals surface area contributed by atoms with E-state index in [0.29, 0.717) is 32.6 Å². The Labute approximate surface area is 115 Å². The van der Waals surface area contributed by atoms with Crippen LogP contribution in [-0.4, -0.2) is 61.0 Å². The highest BCUT2D eigenvalue weighted by Gasteiger charge is 2.21. The number of nitrogens with zero attached hydrogens (tertiary/aromatic N) is 2. The number of ether oxygens (including phenoxy) is 1. The molecule has 5 nitrogen and oxygen atoms in total. The van der Waals surface area contributed by atoms with Crippen LogP contribution >= 0.6 is 0 Å². The summed E-state index contributed by atoms with van der Waals surface area (Å²) in [6.45, 7) is 7.83. The average Bonchev–Trinajstić information content (AvgIpc) is 2.42. The van der Waals surface area contributed by atoms with E-state index in [1.165, 1.54) is 0 Å². The minimum Gasteiger partial charge on any atom is -0.382 e. The normalized spacial score (nSPS) is 15.7. The molecule has 2 amide bonds. The molecule has 0 bridgehead atoms. The van der Waals surface area contributed by atoms with Gasteiger partial charge in [0.05, 0.1) is 0 Å². The smallest absolute Gasteiger partial charge is 0.222 e. The molecule has 0 radical (unpaired) electrons. The fourth-order valence-corrected chi connectivity index (χ4v) is 2.23. The summed E-state index contributed by atoms with van der Waals surface area (Å²) in [7, 11) is 0. The highest BCUT2D eigenvalue weighted by Crippen LogP contribution is 2.07. The van der Waals surface area contributed by atoms with E-state index in [4.69, 9.17) is 4.74 Å². The summed E-state index contributed by atoms with van der Waals surface area (Å²) in [5, 5.41) is 0. The van der Waals surface area contributed by atoms with E-state index in [1.54, 1.807) is 11.8 Å². The van der Waals surface area contributed by atoms with E-state index in [2.05, 4.69) is 0 Å². The Morgan fingerprint density at radius 1 is 1.00 bits per heavy atom. The molecule has 5 heteroatoms. The zero-order valence-corrected chi connectivity index (χ0v) is 12.2. The standard InChI is InChI=1S/C14H26N2O3/c1-3-19-12-6-4-5-7-14(18)16-10-8-15(9-11-16)13(2)17/h3-12H2,1-2H3. The van der Waals surface area contributed by atoms with Crippen LogP contribution in [0.4, 0.5) is 0 Å². The molecule has 1 aliphatic rings. The third-order valence-electron chi connectivity index (χ3n) is 3.46. The second-order valence-electron chi connectivity index (χ2n) is 4.89. The van der Waals surface area contributed by atoms with Gasteiger partial charge in [-0.3, -0.25) is 9.59 Å². The lowest BCUT2D eigenvalue weighted by Gasteiger charge is -2.34. The molecular weight excluding hydrogens is 244 g/mol. The number of carbonyl (C=O) groups excluding carboxylic acids is 2. The van der Waals surface area contributed by atoms with Gasteiger partial charge in [-0.2, -0.15) is 0 Å². The van der Waals surface area contributed by atoms with Gasteiger partial charge in [0.2, 0.25) is 11.8 Å². The van der Waals surface area contributed by atoms with Gasteiger partial charge in [0.25, 0.3) is 0 Å². The van der Waals surface area contributed by atoms with Crippen molar-refractivity contribution < 1.29 is 14.3 Å². The molecule has 0 aromatic heterocycles. The lowest BCUT2D eigenvalue weighted by molar-refractivity contribution is -0.138.